The minimum Gasteiger partial charge on any atom is -0.492 e. The minimum absolute atomic E-state index is 0.177. The Labute approximate surface area is 187 Å². The summed E-state index contributed by atoms with van der Waals surface area (Å²) in [5.74, 6) is 0.0943. The predicted octanol–water partition coefficient (Wildman–Crippen LogP) is 5.55. The van der Waals surface area contributed by atoms with Crippen LogP contribution in [0.25, 0.3) is 0 Å². The van der Waals surface area contributed by atoms with Gasteiger partial charge in [-0.3, -0.25) is 14.6 Å². The lowest BCUT2D eigenvalue weighted by atomic mass is 10.2. The van der Waals surface area contributed by atoms with Crippen LogP contribution in [-0.4, -0.2) is 23.4 Å². The fraction of sp³-hybridized carbons (Fsp3) is 0.136. The van der Waals surface area contributed by atoms with Crippen molar-refractivity contribution in [2.75, 3.05) is 17.2 Å². The number of hydrogen-bond donors (Lipinski definition) is 2. The number of nitrogens with one attached hydrogen (secondary N) is 2. The molecular formula is C22H19BrClN3O3. The molecule has 1 heterocycles. The van der Waals surface area contributed by atoms with Gasteiger partial charge in [0.25, 0.3) is 5.91 Å². The number of aromatic nitrogens is 1. The second kappa shape index (κ2) is 10.8. The van der Waals surface area contributed by atoms with Gasteiger partial charge < -0.3 is 15.4 Å². The minimum atomic E-state index is -0.301. The summed E-state index contributed by atoms with van der Waals surface area (Å²) in [4.78, 5) is 28.6. The summed E-state index contributed by atoms with van der Waals surface area (Å²) >= 11 is 9.45. The number of nitrogens with zero attached hydrogens (tertiary/aromatic N) is 1. The number of amides is 2. The van der Waals surface area contributed by atoms with Crippen LogP contribution in [-0.2, 0) is 4.79 Å². The van der Waals surface area contributed by atoms with E-state index in [-0.39, 0.29) is 18.2 Å². The van der Waals surface area contributed by atoms with Gasteiger partial charge in [-0.2, -0.15) is 0 Å². The third kappa shape index (κ3) is 6.30. The number of ether oxygens (including phenoxy) is 1. The molecule has 0 aliphatic heterocycles. The molecule has 154 valence electrons. The fourth-order valence-corrected chi connectivity index (χ4v) is 3.34. The molecule has 0 atom stereocenters. The quantitative estimate of drug-likeness (QED) is 0.408. The molecule has 2 amide bonds. The van der Waals surface area contributed by atoms with Gasteiger partial charge in [-0.05, 0) is 48.9 Å². The highest BCUT2D eigenvalue weighted by molar-refractivity contribution is 9.10. The molecule has 0 radical (unpaired) electrons. The van der Waals surface area contributed by atoms with Crippen molar-refractivity contribution in [2.24, 2.45) is 0 Å². The number of benzene rings is 2. The average Bonchev–Trinajstić information content (AvgIpc) is 2.74. The molecule has 0 saturated carbocycles. The lowest BCUT2D eigenvalue weighted by molar-refractivity contribution is -0.116. The molecular weight excluding hydrogens is 470 g/mol. The van der Waals surface area contributed by atoms with Crippen molar-refractivity contribution in [2.45, 2.75) is 12.8 Å². The number of para-hydroxylation sites is 2. The summed E-state index contributed by atoms with van der Waals surface area (Å²) in [5, 5.41) is 6.13. The van der Waals surface area contributed by atoms with Gasteiger partial charge in [0.15, 0.2) is 0 Å². The average molecular weight is 489 g/mol. The Balaban J connectivity index is 1.51. The highest BCUT2D eigenvalue weighted by Crippen LogP contribution is 2.28. The third-order valence-corrected chi connectivity index (χ3v) is 4.86. The highest BCUT2D eigenvalue weighted by Gasteiger charge is 2.11. The largest absolute Gasteiger partial charge is 0.492 e. The van der Waals surface area contributed by atoms with Crippen LogP contribution >= 0.6 is 27.5 Å². The second-order valence-electron chi connectivity index (χ2n) is 6.32. The van der Waals surface area contributed by atoms with E-state index in [2.05, 4.69) is 31.5 Å². The Bertz CT molecular complexity index is 1030. The van der Waals surface area contributed by atoms with E-state index in [0.717, 1.165) is 4.47 Å². The molecule has 3 aromatic rings. The van der Waals surface area contributed by atoms with Crippen LogP contribution in [0.1, 0.15) is 23.2 Å². The molecule has 0 fully saturated rings. The molecule has 0 spiro atoms. The topological polar surface area (TPSA) is 80.3 Å². The van der Waals surface area contributed by atoms with Gasteiger partial charge in [0.05, 0.1) is 28.6 Å². The number of carbonyl (C=O) groups excluding carboxylic acids is 2. The van der Waals surface area contributed by atoms with E-state index >= 15 is 0 Å². The van der Waals surface area contributed by atoms with Crippen LogP contribution < -0.4 is 15.4 Å². The first kappa shape index (κ1) is 21.8. The normalized spacial score (nSPS) is 10.3. The zero-order valence-corrected chi connectivity index (χ0v) is 18.2. The van der Waals surface area contributed by atoms with Crippen LogP contribution in [0.4, 0.5) is 11.4 Å². The van der Waals surface area contributed by atoms with Gasteiger partial charge in [-0.1, -0.05) is 39.7 Å². The number of anilines is 2. The first-order valence-corrected chi connectivity index (χ1v) is 10.4. The van der Waals surface area contributed by atoms with Gasteiger partial charge in [-0.25, -0.2) is 0 Å². The summed E-state index contributed by atoms with van der Waals surface area (Å²) in [5.41, 5.74) is 1.47. The van der Waals surface area contributed by atoms with Gasteiger partial charge in [0.1, 0.15) is 5.75 Å². The molecule has 30 heavy (non-hydrogen) atoms. The van der Waals surface area contributed by atoms with E-state index in [1.54, 1.807) is 54.7 Å². The smallest absolute Gasteiger partial charge is 0.257 e. The van der Waals surface area contributed by atoms with E-state index in [4.69, 9.17) is 16.3 Å². The molecule has 0 aliphatic rings. The van der Waals surface area contributed by atoms with Crippen molar-refractivity contribution in [1.29, 1.82) is 0 Å². The maximum absolute atomic E-state index is 12.4. The lowest BCUT2D eigenvalue weighted by Crippen LogP contribution is -2.17. The molecule has 0 aliphatic carbocycles. The third-order valence-electron chi connectivity index (χ3n) is 4.07. The van der Waals surface area contributed by atoms with E-state index in [1.807, 2.05) is 6.07 Å². The van der Waals surface area contributed by atoms with Crippen LogP contribution in [0.2, 0.25) is 5.02 Å². The number of pyridine rings is 1. The zero-order valence-electron chi connectivity index (χ0n) is 15.9. The van der Waals surface area contributed by atoms with Gasteiger partial charge in [0.2, 0.25) is 5.91 Å². The van der Waals surface area contributed by atoms with E-state index in [1.165, 1.54) is 6.20 Å². The Hall–Kier alpha value is -2.90. The summed E-state index contributed by atoms with van der Waals surface area (Å²) in [7, 11) is 0. The van der Waals surface area contributed by atoms with Crippen molar-refractivity contribution in [3.8, 4) is 5.75 Å². The van der Waals surface area contributed by atoms with E-state index < -0.39 is 0 Å². The highest BCUT2D eigenvalue weighted by atomic mass is 79.9. The van der Waals surface area contributed by atoms with Gasteiger partial charge in [-0.15, -0.1) is 0 Å². The number of halogens is 2. The Kier molecular flexibility index (Phi) is 7.82. The molecule has 2 N–H and O–H groups in total. The molecule has 8 heteroatoms. The van der Waals surface area contributed by atoms with E-state index in [9.17, 15) is 9.59 Å². The maximum Gasteiger partial charge on any atom is 0.257 e. The standard InChI is InChI=1S/C22H19BrClN3O3/c23-16-9-10-20(17(24)13-16)30-12-4-8-21(28)26-18-6-1-2-7-19(18)27-22(29)15-5-3-11-25-14-15/h1-3,5-7,9-11,13-14H,4,8,12H2,(H,26,28)(H,27,29). The van der Waals surface area contributed by atoms with Crippen molar-refractivity contribution in [1.82, 2.24) is 4.98 Å². The van der Waals surface area contributed by atoms with Crippen LogP contribution in [0.5, 0.6) is 5.75 Å². The second-order valence-corrected chi connectivity index (χ2v) is 7.64. The number of rotatable bonds is 8. The Morgan fingerprint density at radius 2 is 1.80 bits per heavy atom. The van der Waals surface area contributed by atoms with E-state index in [0.29, 0.717) is 40.7 Å². The van der Waals surface area contributed by atoms with Crippen LogP contribution in [0, 0.1) is 0 Å². The predicted molar refractivity (Wildman–Crippen MR) is 121 cm³/mol. The van der Waals surface area contributed by atoms with Crippen LogP contribution in [0.3, 0.4) is 0 Å². The lowest BCUT2D eigenvalue weighted by Gasteiger charge is -2.12. The van der Waals surface area contributed by atoms with Gasteiger partial charge in [0, 0.05) is 23.3 Å². The summed E-state index contributed by atoms with van der Waals surface area (Å²) in [6, 6.07) is 15.7. The molecule has 1 aromatic heterocycles. The first-order valence-electron chi connectivity index (χ1n) is 9.21. The van der Waals surface area contributed by atoms with Gasteiger partial charge >= 0.3 is 0 Å². The van der Waals surface area contributed by atoms with Crippen molar-refractivity contribution < 1.29 is 14.3 Å². The van der Waals surface area contributed by atoms with Crippen molar-refractivity contribution in [3.05, 3.63) is 82.0 Å². The monoisotopic (exact) mass is 487 g/mol. The fourth-order valence-electron chi connectivity index (χ4n) is 2.61. The molecule has 0 unspecified atom stereocenters. The SMILES string of the molecule is O=C(CCCOc1ccc(Br)cc1Cl)Nc1ccccc1NC(=O)c1cccnc1. The first-order chi connectivity index (χ1) is 14.5. The number of carbonyl (C=O) groups is 2. The van der Waals surface area contributed by atoms with Crippen molar-refractivity contribution >= 4 is 50.7 Å². The van der Waals surface area contributed by atoms with Crippen molar-refractivity contribution in [3.63, 3.8) is 0 Å². The Morgan fingerprint density at radius 3 is 2.50 bits per heavy atom. The molecule has 0 bridgehead atoms. The summed E-state index contributed by atoms with van der Waals surface area (Å²) in [6.07, 6.45) is 3.86. The Morgan fingerprint density at radius 1 is 1.03 bits per heavy atom. The molecule has 6 nitrogen and oxygen atoms in total. The molecule has 3 rings (SSSR count). The molecule has 0 saturated heterocycles. The summed E-state index contributed by atoms with van der Waals surface area (Å²) in [6.45, 7) is 0.355. The zero-order chi connectivity index (χ0) is 21.3. The molecule has 2 aromatic carbocycles. The summed E-state index contributed by atoms with van der Waals surface area (Å²) < 4.78 is 6.49. The maximum atomic E-state index is 12.4. The number of hydrogen-bond acceptors (Lipinski definition) is 4. The van der Waals surface area contributed by atoms with Crippen LogP contribution in [0.15, 0.2) is 71.5 Å².